The Morgan fingerprint density at radius 3 is 1.22 bits per heavy atom. The van der Waals surface area contributed by atoms with Crippen molar-refractivity contribution in [3.63, 3.8) is 0 Å². The molecule has 140 valence electrons. The van der Waals surface area contributed by atoms with E-state index in [1.165, 1.54) is 11.1 Å². The van der Waals surface area contributed by atoms with E-state index < -0.39 is 0 Å². The normalized spacial score (nSPS) is 8.15. The number of hydrogen-bond acceptors (Lipinski definition) is 3. The molecule has 2 aromatic rings. The van der Waals surface area contributed by atoms with Crippen molar-refractivity contribution in [2.45, 2.75) is 26.1 Å². The molecule has 0 radical (unpaired) electrons. The van der Waals surface area contributed by atoms with Crippen molar-refractivity contribution in [1.29, 1.82) is 5.26 Å². The summed E-state index contributed by atoms with van der Waals surface area (Å²) in [6.07, 6.45) is 1.68. The first-order valence-electron chi connectivity index (χ1n) is 7.91. The monoisotopic (exact) mass is 401 g/mol. The Morgan fingerprint density at radius 2 is 0.963 bits per heavy atom. The van der Waals surface area contributed by atoms with E-state index in [4.69, 9.17) is 21.3 Å². The van der Waals surface area contributed by atoms with Crippen LogP contribution in [0.15, 0.2) is 60.7 Å². The van der Waals surface area contributed by atoms with Gasteiger partial charge in [-0.1, -0.05) is 60.7 Å². The van der Waals surface area contributed by atoms with Crippen LogP contribution < -0.4 is 37.7 Å². The molecular weight excluding hydrogens is 376 g/mol. The van der Waals surface area contributed by atoms with E-state index in [1.807, 2.05) is 36.4 Å². The van der Waals surface area contributed by atoms with Crippen LogP contribution in [0.5, 0.6) is 0 Å². The molecule has 0 bridgehead atoms. The Bertz CT molecular complexity index is 468. The number of rotatable bonds is 8. The molecule has 0 unspecified atom stereocenters. The third-order valence-electron chi connectivity index (χ3n) is 2.80. The second-order valence-electron chi connectivity index (χ2n) is 4.78. The van der Waals surface area contributed by atoms with E-state index in [2.05, 4.69) is 38.1 Å². The minimum atomic E-state index is 0. The molecule has 0 aliphatic carbocycles. The van der Waals surface area contributed by atoms with Crippen molar-refractivity contribution in [2.24, 2.45) is 0 Å². The van der Waals surface area contributed by atoms with Gasteiger partial charge in [0.05, 0.1) is 13.2 Å². The fraction of sp³-hybridized carbons (Fsp3) is 0.286. The number of nitrogens with zero attached hydrogens (tertiary/aromatic N) is 1. The summed E-state index contributed by atoms with van der Waals surface area (Å²) in [4.78, 5) is 0. The predicted molar refractivity (Wildman–Crippen MR) is 97.1 cm³/mol. The molecule has 2 aromatic carbocycles. The summed E-state index contributed by atoms with van der Waals surface area (Å²) in [6.45, 7) is 15.0. The molecule has 0 fully saturated rings. The molecule has 0 spiro atoms. The summed E-state index contributed by atoms with van der Waals surface area (Å²) in [5.74, 6) is 0. The van der Waals surface area contributed by atoms with Gasteiger partial charge in [-0.2, -0.15) is 12.8 Å². The summed E-state index contributed by atoms with van der Waals surface area (Å²) in [6, 6.07) is 20.3. The van der Waals surface area contributed by atoms with E-state index in [1.54, 1.807) is 0 Å². The van der Waals surface area contributed by atoms with Crippen molar-refractivity contribution in [3.8, 4) is 0 Å². The van der Waals surface area contributed by atoms with Crippen molar-refractivity contribution >= 4 is 0 Å². The van der Waals surface area contributed by atoms with E-state index >= 15 is 0 Å². The van der Waals surface area contributed by atoms with Crippen LogP contribution in [0.25, 0.3) is 0 Å². The van der Waals surface area contributed by atoms with Crippen LogP contribution in [0.3, 0.4) is 0 Å². The van der Waals surface area contributed by atoms with Gasteiger partial charge in [-0.15, -0.1) is 0 Å². The average Bonchev–Trinajstić information content (AvgIpc) is 2.66. The molecular formula is C21H26CuLi2NO2. The summed E-state index contributed by atoms with van der Waals surface area (Å²) < 4.78 is 10.6. The molecule has 27 heavy (non-hydrogen) atoms. The maximum atomic E-state index is 6.25. The van der Waals surface area contributed by atoms with Crippen molar-refractivity contribution in [1.82, 2.24) is 0 Å². The average molecular weight is 402 g/mol. The Balaban J connectivity index is -0.000000163. The summed E-state index contributed by atoms with van der Waals surface area (Å²) in [5.41, 5.74) is 2.45. The first kappa shape index (κ1) is 34.1. The molecule has 0 heterocycles. The summed E-state index contributed by atoms with van der Waals surface area (Å²) >= 11 is 0. The Hall–Kier alpha value is -0.436. The van der Waals surface area contributed by atoms with Crippen LogP contribution in [0.2, 0.25) is 0 Å². The molecule has 0 saturated heterocycles. The van der Waals surface area contributed by atoms with Crippen LogP contribution in [0.1, 0.15) is 24.0 Å². The molecule has 0 saturated carbocycles. The zero-order valence-electron chi connectivity index (χ0n) is 16.5. The van der Waals surface area contributed by atoms with Crippen LogP contribution in [0.4, 0.5) is 0 Å². The molecule has 0 aliphatic rings. The largest absolute Gasteiger partial charge is 1.00 e. The molecule has 0 N–H and O–H groups in total. The third kappa shape index (κ3) is 21.7. The first-order chi connectivity index (χ1) is 11.9. The van der Waals surface area contributed by atoms with Gasteiger partial charge >= 0.3 is 54.8 Å². The second-order valence-corrected chi connectivity index (χ2v) is 4.78. The maximum absolute atomic E-state index is 6.25. The van der Waals surface area contributed by atoms with Gasteiger partial charge in [0.2, 0.25) is 0 Å². The minimum Gasteiger partial charge on any atom is -0.512 e. The van der Waals surface area contributed by atoms with Gasteiger partial charge in [0.25, 0.3) is 0 Å². The molecule has 0 aliphatic heterocycles. The second kappa shape index (κ2) is 27.8. The van der Waals surface area contributed by atoms with Gasteiger partial charge in [0.1, 0.15) is 0 Å². The summed E-state index contributed by atoms with van der Waals surface area (Å²) in [5, 5.41) is 6.25. The fourth-order valence-corrected chi connectivity index (χ4v) is 1.73. The van der Waals surface area contributed by atoms with Crippen molar-refractivity contribution in [2.75, 3.05) is 13.2 Å². The quantitative estimate of drug-likeness (QED) is 0.322. The molecule has 0 amide bonds. The molecule has 0 aromatic heterocycles. The van der Waals surface area contributed by atoms with Gasteiger partial charge < -0.3 is 35.2 Å². The molecule has 3 nitrogen and oxygen atoms in total. The molecule has 6 heteroatoms. The van der Waals surface area contributed by atoms with Crippen LogP contribution in [0, 0.1) is 25.7 Å². The predicted octanol–water partition coefficient (Wildman–Crippen LogP) is -1.04. The van der Waals surface area contributed by atoms with Gasteiger partial charge in [-0.05, 0) is 11.1 Å². The standard InChI is InChI=1S/2C10H13O.CN.Cu.2Li/c2*1-2-8-11-9-10-6-4-3-5-7-10;1-2;;;/h2*3-7H,1-2,8-9H2;;;;/q3*-1;3*+1. The van der Waals surface area contributed by atoms with E-state index in [9.17, 15) is 0 Å². The van der Waals surface area contributed by atoms with E-state index in [-0.39, 0.29) is 54.8 Å². The fourth-order valence-electron chi connectivity index (χ4n) is 1.73. The van der Waals surface area contributed by atoms with Gasteiger partial charge in [0.15, 0.2) is 0 Å². The zero-order valence-corrected chi connectivity index (χ0v) is 17.4. The van der Waals surface area contributed by atoms with Gasteiger partial charge in [-0.25, -0.2) is 0 Å². The van der Waals surface area contributed by atoms with E-state index in [0.29, 0.717) is 13.2 Å². The smallest absolute Gasteiger partial charge is 0.512 e. The van der Waals surface area contributed by atoms with Gasteiger partial charge in [0, 0.05) is 13.2 Å². The zero-order chi connectivity index (χ0) is 17.9. The Morgan fingerprint density at radius 1 is 0.667 bits per heavy atom. The Labute approximate surface area is 200 Å². The van der Waals surface area contributed by atoms with E-state index in [0.717, 1.165) is 26.1 Å². The van der Waals surface area contributed by atoms with Crippen LogP contribution in [-0.2, 0) is 39.8 Å². The van der Waals surface area contributed by atoms with Crippen molar-refractivity contribution < 1.29 is 64.3 Å². The number of benzene rings is 2. The van der Waals surface area contributed by atoms with Gasteiger partial charge in [-0.3, -0.25) is 0 Å². The number of ether oxygens (including phenoxy) is 2. The molecule has 0 atom stereocenters. The minimum absolute atomic E-state index is 0. The Kier molecular flexibility index (Phi) is 35.1. The van der Waals surface area contributed by atoms with Crippen LogP contribution in [-0.4, -0.2) is 13.2 Å². The van der Waals surface area contributed by atoms with Crippen LogP contribution >= 0.6 is 0 Å². The third-order valence-corrected chi connectivity index (χ3v) is 2.80. The number of hydrogen-bond donors (Lipinski definition) is 0. The maximum Gasteiger partial charge on any atom is 1.00 e. The topological polar surface area (TPSA) is 42.2 Å². The van der Waals surface area contributed by atoms with Crippen molar-refractivity contribution in [3.05, 3.63) is 92.2 Å². The first-order valence-corrected chi connectivity index (χ1v) is 7.91. The SMILES string of the molecule is [C-]#N.[CH2-]CCOCc1ccccc1.[CH2-]CCOCc1ccccc1.[Cu+].[Li+].[Li+]. The molecule has 2 rings (SSSR count). The summed E-state index contributed by atoms with van der Waals surface area (Å²) in [7, 11) is 0.